The van der Waals surface area contributed by atoms with E-state index < -0.39 is 28.1 Å². The lowest BCUT2D eigenvalue weighted by molar-refractivity contribution is -0.582. The smallest absolute Gasteiger partial charge is 0.331 e. The molecule has 0 unspecified atom stereocenters. The minimum atomic E-state index is -1.65. The molecule has 0 aromatic heterocycles. The first-order chi connectivity index (χ1) is 13.2. The Kier molecular flexibility index (Phi) is 5.43. The molecule has 28 heavy (non-hydrogen) atoms. The van der Waals surface area contributed by atoms with Gasteiger partial charge in [0.25, 0.3) is 5.54 Å². The van der Waals surface area contributed by atoms with Gasteiger partial charge >= 0.3 is 5.97 Å². The van der Waals surface area contributed by atoms with Gasteiger partial charge in [0.05, 0.1) is 12.3 Å². The van der Waals surface area contributed by atoms with Crippen molar-refractivity contribution in [1.29, 1.82) is 0 Å². The maximum Gasteiger partial charge on any atom is 0.331 e. The van der Waals surface area contributed by atoms with Gasteiger partial charge in [0.1, 0.15) is 5.75 Å². The summed E-state index contributed by atoms with van der Waals surface area (Å²) in [5, 5.41) is 32.5. The first-order valence-corrected chi connectivity index (χ1v) is 9.61. The lowest BCUT2D eigenvalue weighted by atomic mass is 9.77. The number of hydrogen-bond acceptors (Lipinski definition) is 7. The third kappa shape index (κ3) is 3.37. The number of carbonyl (C=O) groups excluding carboxylic acids is 1. The number of phenolic OH excluding ortho intramolecular Hbond substituents is 1. The van der Waals surface area contributed by atoms with E-state index in [1.807, 2.05) is 0 Å². The van der Waals surface area contributed by atoms with Crippen LogP contribution in [0.25, 0.3) is 0 Å². The SMILES string of the molecule is CCOC(=O)[C@H](Cc1ccc(O)cc1)N=C1[C@H]2CCC[C@@]1(O)[C@](C)([N+](=O)[O-])C2. The maximum atomic E-state index is 12.5. The minimum Gasteiger partial charge on any atom is -0.508 e. The predicted octanol–water partition coefficient (Wildman–Crippen LogP) is 2.28. The number of aliphatic imine (C=N–C) groups is 1. The van der Waals surface area contributed by atoms with Gasteiger partial charge in [-0.25, -0.2) is 4.79 Å². The van der Waals surface area contributed by atoms with Crippen LogP contribution in [0.4, 0.5) is 0 Å². The molecule has 8 heteroatoms. The molecule has 2 aliphatic rings. The van der Waals surface area contributed by atoms with Crippen molar-refractivity contribution in [2.24, 2.45) is 10.9 Å². The van der Waals surface area contributed by atoms with E-state index in [4.69, 9.17) is 4.74 Å². The van der Waals surface area contributed by atoms with Gasteiger partial charge in [-0.15, -0.1) is 0 Å². The Balaban J connectivity index is 1.98. The van der Waals surface area contributed by atoms with Crippen LogP contribution in [0.15, 0.2) is 29.3 Å². The van der Waals surface area contributed by atoms with Crippen LogP contribution in [0.2, 0.25) is 0 Å². The van der Waals surface area contributed by atoms with E-state index in [9.17, 15) is 25.1 Å². The summed E-state index contributed by atoms with van der Waals surface area (Å²) < 4.78 is 5.15. The second kappa shape index (κ2) is 7.50. The molecular formula is C20H26N2O6. The molecule has 2 fully saturated rings. The fourth-order valence-electron chi connectivity index (χ4n) is 4.48. The number of phenols is 1. The molecule has 4 atom stereocenters. The van der Waals surface area contributed by atoms with Crippen LogP contribution < -0.4 is 0 Å². The van der Waals surface area contributed by atoms with Crippen molar-refractivity contribution >= 4 is 11.7 Å². The molecule has 152 valence electrons. The van der Waals surface area contributed by atoms with Crippen molar-refractivity contribution in [3.05, 3.63) is 39.9 Å². The fourth-order valence-corrected chi connectivity index (χ4v) is 4.48. The predicted molar refractivity (Wildman–Crippen MR) is 102 cm³/mol. The van der Waals surface area contributed by atoms with Crippen molar-refractivity contribution in [2.45, 2.75) is 63.1 Å². The summed E-state index contributed by atoms with van der Waals surface area (Å²) >= 11 is 0. The topological polar surface area (TPSA) is 122 Å². The second-order valence-electron chi connectivity index (χ2n) is 7.84. The number of aromatic hydroxyl groups is 1. The van der Waals surface area contributed by atoms with Crippen LogP contribution in [0, 0.1) is 16.0 Å². The minimum absolute atomic E-state index is 0.115. The first kappa shape index (κ1) is 20.3. The zero-order valence-electron chi connectivity index (χ0n) is 16.1. The molecule has 2 N–H and O–H groups in total. The van der Waals surface area contributed by atoms with E-state index in [1.54, 1.807) is 19.1 Å². The van der Waals surface area contributed by atoms with Gasteiger partial charge in [-0.1, -0.05) is 12.1 Å². The number of esters is 1. The van der Waals surface area contributed by atoms with Crippen molar-refractivity contribution in [2.75, 3.05) is 6.61 Å². The molecule has 3 rings (SSSR count). The van der Waals surface area contributed by atoms with Crippen molar-refractivity contribution < 1.29 is 24.7 Å². The molecule has 0 amide bonds. The second-order valence-corrected chi connectivity index (χ2v) is 7.84. The third-order valence-electron chi connectivity index (χ3n) is 6.06. The molecule has 8 nitrogen and oxygen atoms in total. The molecule has 2 aliphatic carbocycles. The number of ether oxygens (including phenoxy) is 1. The highest BCUT2D eigenvalue weighted by Gasteiger charge is 2.68. The van der Waals surface area contributed by atoms with Gasteiger partial charge in [-0.05, 0) is 43.9 Å². The Morgan fingerprint density at radius 2 is 2.11 bits per heavy atom. The van der Waals surface area contributed by atoms with Crippen LogP contribution in [0.3, 0.4) is 0 Å². The number of carbonyl (C=O) groups is 1. The van der Waals surface area contributed by atoms with E-state index in [-0.39, 0.29) is 37.5 Å². The first-order valence-electron chi connectivity index (χ1n) is 9.61. The van der Waals surface area contributed by atoms with Crippen LogP contribution in [-0.2, 0) is 16.0 Å². The lowest BCUT2D eigenvalue weighted by Gasteiger charge is -2.35. The molecule has 2 bridgehead atoms. The lowest BCUT2D eigenvalue weighted by Crippen LogP contribution is -2.57. The van der Waals surface area contributed by atoms with Crippen LogP contribution in [0.1, 0.15) is 45.1 Å². The Hall–Kier alpha value is -2.48. The average molecular weight is 390 g/mol. The largest absolute Gasteiger partial charge is 0.508 e. The fraction of sp³-hybridized carbons (Fsp3) is 0.600. The van der Waals surface area contributed by atoms with Gasteiger partial charge < -0.3 is 14.9 Å². The molecule has 0 saturated heterocycles. The Bertz CT molecular complexity index is 792. The molecule has 0 aliphatic heterocycles. The summed E-state index contributed by atoms with van der Waals surface area (Å²) in [5.41, 5.74) is -2.04. The third-order valence-corrected chi connectivity index (χ3v) is 6.06. The van der Waals surface area contributed by atoms with Gasteiger partial charge in [0, 0.05) is 30.6 Å². The molecule has 2 saturated carbocycles. The van der Waals surface area contributed by atoms with Crippen molar-refractivity contribution in [1.82, 2.24) is 0 Å². The Morgan fingerprint density at radius 1 is 1.43 bits per heavy atom. The summed E-state index contributed by atoms with van der Waals surface area (Å²) in [4.78, 5) is 28.4. The van der Waals surface area contributed by atoms with Gasteiger partial charge in [0.15, 0.2) is 11.6 Å². The number of hydrogen-bond donors (Lipinski definition) is 2. The summed E-state index contributed by atoms with van der Waals surface area (Å²) in [6.45, 7) is 3.35. The molecular weight excluding hydrogens is 364 g/mol. The Labute approximate surface area is 163 Å². The van der Waals surface area contributed by atoms with E-state index in [1.165, 1.54) is 19.1 Å². The van der Waals surface area contributed by atoms with E-state index in [0.29, 0.717) is 18.6 Å². The number of nitro groups is 1. The molecule has 0 spiro atoms. The molecule has 0 radical (unpaired) electrons. The molecule has 0 heterocycles. The van der Waals surface area contributed by atoms with Crippen LogP contribution in [-0.4, -0.2) is 50.6 Å². The highest BCUT2D eigenvalue weighted by molar-refractivity contribution is 6.00. The Morgan fingerprint density at radius 3 is 2.71 bits per heavy atom. The number of aliphatic hydroxyl groups is 1. The van der Waals surface area contributed by atoms with Gasteiger partial charge in [-0.2, -0.15) is 0 Å². The summed E-state index contributed by atoms with van der Waals surface area (Å²) in [6.07, 6.45) is 2.09. The van der Waals surface area contributed by atoms with Crippen molar-refractivity contribution in [3.63, 3.8) is 0 Å². The van der Waals surface area contributed by atoms with Gasteiger partial charge in [0.2, 0.25) is 0 Å². The number of fused-ring (bicyclic) bond motifs is 2. The van der Waals surface area contributed by atoms with E-state index in [2.05, 4.69) is 4.99 Å². The highest BCUT2D eigenvalue weighted by atomic mass is 16.6. The normalized spacial score (nSPS) is 31.5. The maximum absolute atomic E-state index is 12.5. The zero-order chi connectivity index (χ0) is 20.5. The summed E-state index contributed by atoms with van der Waals surface area (Å²) in [5.74, 6) is -0.630. The number of benzene rings is 1. The van der Waals surface area contributed by atoms with Crippen LogP contribution in [0.5, 0.6) is 5.75 Å². The highest BCUT2D eigenvalue weighted by Crippen LogP contribution is 2.51. The monoisotopic (exact) mass is 390 g/mol. The van der Waals surface area contributed by atoms with Gasteiger partial charge in [-0.3, -0.25) is 15.1 Å². The standard InChI is InChI=1S/C20H26N2O6/c1-3-28-18(24)16(11-13-6-8-15(23)9-7-13)21-17-14-5-4-10-20(17,25)19(2,12-14)22(26)27/h6-9,14,16,23,25H,3-5,10-12H2,1-2H3/t14-,16-,19+,20-/m0/s1. The summed E-state index contributed by atoms with van der Waals surface area (Å²) in [7, 11) is 0. The van der Waals surface area contributed by atoms with E-state index >= 15 is 0 Å². The molecule has 1 aromatic carbocycles. The summed E-state index contributed by atoms with van der Waals surface area (Å²) in [6, 6.07) is 5.51. The van der Waals surface area contributed by atoms with Crippen molar-refractivity contribution in [3.8, 4) is 5.75 Å². The average Bonchev–Trinajstić information content (AvgIpc) is 2.76. The quantitative estimate of drug-likeness (QED) is 0.436. The number of nitrogens with zero attached hydrogens (tertiary/aromatic N) is 2. The van der Waals surface area contributed by atoms with E-state index in [0.717, 1.165) is 5.56 Å². The number of rotatable bonds is 6. The zero-order valence-corrected chi connectivity index (χ0v) is 16.1. The molecule has 1 aromatic rings. The van der Waals surface area contributed by atoms with Crippen LogP contribution >= 0.6 is 0 Å².